The van der Waals surface area contributed by atoms with Crippen LogP contribution in [0.3, 0.4) is 0 Å². The number of carbonyl (C=O) groups excluding carboxylic acids is 2. The van der Waals surface area contributed by atoms with E-state index < -0.39 is 18.0 Å². The first-order valence-corrected chi connectivity index (χ1v) is 6.81. The van der Waals surface area contributed by atoms with Gasteiger partial charge in [0.1, 0.15) is 0 Å². The predicted octanol–water partition coefficient (Wildman–Crippen LogP) is 2.19. The molecule has 0 heterocycles. The maximum absolute atomic E-state index is 11.9. The van der Waals surface area contributed by atoms with Crippen molar-refractivity contribution in [2.24, 2.45) is 0 Å². The number of carboxylic acids is 1. The average molecular weight is 292 g/mol. The van der Waals surface area contributed by atoms with Crippen molar-refractivity contribution < 1.29 is 19.5 Å². The summed E-state index contributed by atoms with van der Waals surface area (Å²) in [6.07, 6.45) is 1.17. The molecule has 3 N–H and O–H groups in total. The molecule has 6 heteroatoms. The molecule has 0 aliphatic rings. The minimum atomic E-state index is -0.975. The van der Waals surface area contributed by atoms with Crippen molar-refractivity contribution in [1.29, 1.82) is 0 Å². The van der Waals surface area contributed by atoms with Crippen LogP contribution in [0, 0.1) is 0 Å². The number of ketones is 1. The second-order valence-electron chi connectivity index (χ2n) is 4.78. The number of amides is 2. The number of hydrogen-bond donors (Lipinski definition) is 3. The number of Topliss-reactive ketones (excluding diaryl/α,β-unsaturated/α-hetero) is 1. The Morgan fingerprint density at radius 2 is 1.90 bits per heavy atom. The number of para-hydroxylation sites is 1. The van der Waals surface area contributed by atoms with Gasteiger partial charge in [-0.05, 0) is 25.0 Å². The van der Waals surface area contributed by atoms with Crippen LogP contribution in [0.4, 0.5) is 10.5 Å². The van der Waals surface area contributed by atoms with E-state index in [1.807, 2.05) is 6.92 Å². The second-order valence-corrected chi connectivity index (χ2v) is 4.78. The van der Waals surface area contributed by atoms with Gasteiger partial charge in [-0.15, -0.1) is 0 Å². The highest BCUT2D eigenvalue weighted by atomic mass is 16.4. The minimum absolute atomic E-state index is 0.106. The molecular weight excluding hydrogens is 272 g/mol. The molecule has 21 heavy (non-hydrogen) atoms. The lowest BCUT2D eigenvalue weighted by molar-refractivity contribution is -0.136. The number of rotatable bonds is 7. The van der Waals surface area contributed by atoms with E-state index in [2.05, 4.69) is 10.6 Å². The summed E-state index contributed by atoms with van der Waals surface area (Å²) >= 11 is 0. The molecule has 0 fully saturated rings. The van der Waals surface area contributed by atoms with Gasteiger partial charge in [0.2, 0.25) is 0 Å². The van der Waals surface area contributed by atoms with Gasteiger partial charge < -0.3 is 15.7 Å². The molecule has 6 nitrogen and oxygen atoms in total. The Labute approximate surface area is 123 Å². The first kappa shape index (κ1) is 16.7. The van der Waals surface area contributed by atoms with Crippen LogP contribution in [0.2, 0.25) is 0 Å². The van der Waals surface area contributed by atoms with Crippen LogP contribution < -0.4 is 10.6 Å². The van der Waals surface area contributed by atoms with Gasteiger partial charge in [0.05, 0.1) is 12.5 Å². The zero-order chi connectivity index (χ0) is 15.8. The quantitative estimate of drug-likeness (QED) is 0.718. The highest BCUT2D eigenvalue weighted by Crippen LogP contribution is 2.15. The molecule has 0 aliphatic carbocycles. The monoisotopic (exact) mass is 292 g/mol. The first-order chi connectivity index (χ1) is 9.93. The van der Waals surface area contributed by atoms with Crippen molar-refractivity contribution in [3.05, 3.63) is 29.8 Å². The van der Waals surface area contributed by atoms with Crippen molar-refractivity contribution in [3.8, 4) is 0 Å². The SMILES string of the molecule is CCCC(NC(=O)Nc1ccccc1CC(=O)O)C(C)=O. The summed E-state index contributed by atoms with van der Waals surface area (Å²) in [5, 5.41) is 14.0. The fourth-order valence-electron chi connectivity index (χ4n) is 1.94. The molecule has 1 atom stereocenters. The lowest BCUT2D eigenvalue weighted by Crippen LogP contribution is -2.42. The molecule has 0 aromatic heterocycles. The Morgan fingerprint density at radius 3 is 2.48 bits per heavy atom. The molecular formula is C15H20N2O4. The smallest absolute Gasteiger partial charge is 0.319 e. The molecule has 2 amide bonds. The summed E-state index contributed by atoms with van der Waals surface area (Å²) in [5.74, 6) is -1.08. The van der Waals surface area contributed by atoms with Crippen LogP contribution in [0.5, 0.6) is 0 Å². The van der Waals surface area contributed by atoms with Crippen LogP contribution in [-0.2, 0) is 16.0 Å². The standard InChI is InChI=1S/C15H20N2O4/c1-3-6-12(10(2)18)16-15(21)17-13-8-5-4-7-11(13)9-14(19)20/h4-5,7-8,12H,3,6,9H2,1-2H3,(H,19,20)(H2,16,17,21). The summed E-state index contributed by atoms with van der Waals surface area (Å²) in [6.45, 7) is 3.36. The Balaban J connectivity index is 2.74. The number of aliphatic carboxylic acids is 1. The van der Waals surface area contributed by atoms with Gasteiger partial charge >= 0.3 is 12.0 Å². The van der Waals surface area contributed by atoms with Crippen LogP contribution in [-0.4, -0.2) is 28.9 Å². The van der Waals surface area contributed by atoms with Gasteiger partial charge in [0, 0.05) is 5.69 Å². The van der Waals surface area contributed by atoms with Crippen molar-refractivity contribution >= 4 is 23.5 Å². The van der Waals surface area contributed by atoms with E-state index in [0.717, 1.165) is 6.42 Å². The normalized spacial score (nSPS) is 11.5. The molecule has 1 aromatic carbocycles. The topological polar surface area (TPSA) is 95.5 Å². The van der Waals surface area contributed by atoms with Gasteiger partial charge in [0.15, 0.2) is 5.78 Å². The highest BCUT2D eigenvalue weighted by Gasteiger charge is 2.16. The van der Waals surface area contributed by atoms with Crippen molar-refractivity contribution in [2.75, 3.05) is 5.32 Å². The first-order valence-electron chi connectivity index (χ1n) is 6.81. The molecule has 1 rings (SSSR count). The third kappa shape index (κ3) is 5.64. The third-order valence-corrected chi connectivity index (χ3v) is 2.98. The number of carbonyl (C=O) groups is 3. The molecule has 1 unspecified atom stereocenters. The van der Waals surface area contributed by atoms with Crippen molar-refractivity contribution in [1.82, 2.24) is 5.32 Å². The number of urea groups is 1. The van der Waals surface area contributed by atoms with Gasteiger partial charge in [0.25, 0.3) is 0 Å². The van der Waals surface area contributed by atoms with E-state index in [1.165, 1.54) is 6.92 Å². The van der Waals surface area contributed by atoms with E-state index in [0.29, 0.717) is 17.7 Å². The number of carboxylic acid groups (broad SMARTS) is 1. The van der Waals surface area contributed by atoms with Crippen LogP contribution >= 0.6 is 0 Å². The van der Waals surface area contributed by atoms with Gasteiger partial charge in [-0.2, -0.15) is 0 Å². The largest absolute Gasteiger partial charge is 0.481 e. The van der Waals surface area contributed by atoms with Gasteiger partial charge in [-0.1, -0.05) is 31.5 Å². The Bertz CT molecular complexity index is 528. The van der Waals surface area contributed by atoms with Crippen molar-refractivity contribution in [2.45, 2.75) is 39.2 Å². The van der Waals surface area contributed by atoms with E-state index in [-0.39, 0.29) is 12.2 Å². The molecule has 0 saturated heterocycles. The Morgan fingerprint density at radius 1 is 1.24 bits per heavy atom. The fourth-order valence-corrected chi connectivity index (χ4v) is 1.94. The summed E-state index contributed by atoms with van der Waals surface area (Å²) < 4.78 is 0. The van der Waals surface area contributed by atoms with Gasteiger partial charge in [-0.25, -0.2) is 4.79 Å². The predicted molar refractivity (Wildman–Crippen MR) is 79.3 cm³/mol. The molecule has 114 valence electrons. The van der Waals surface area contributed by atoms with Crippen molar-refractivity contribution in [3.63, 3.8) is 0 Å². The van der Waals surface area contributed by atoms with E-state index >= 15 is 0 Å². The third-order valence-electron chi connectivity index (χ3n) is 2.98. The van der Waals surface area contributed by atoms with Crippen LogP contribution in [0.15, 0.2) is 24.3 Å². The summed E-state index contributed by atoms with van der Waals surface area (Å²) in [5.41, 5.74) is 0.936. The highest BCUT2D eigenvalue weighted by molar-refractivity contribution is 5.94. The maximum atomic E-state index is 11.9. The van der Waals surface area contributed by atoms with E-state index in [4.69, 9.17) is 5.11 Å². The summed E-state index contributed by atoms with van der Waals surface area (Å²) in [4.78, 5) is 34.1. The summed E-state index contributed by atoms with van der Waals surface area (Å²) in [6, 6.07) is 5.63. The molecule has 0 saturated carbocycles. The number of benzene rings is 1. The number of anilines is 1. The fraction of sp³-hybridized carbons (Fsp3) is 0.400. The van der Waals surface area contributed by atoms with E-state index in [9.17, 15) is 14.4 Å². The average Bonchev–Trinajstić information content (AvgIpc) is 2.39. The molecule has 0 aliphatic heterocycles. The summed E-state index contributed by atoms with van der Waals surface area (Å²) in [7, 11) is 0. The van der Waals surface area contributed by atoms with Gasteiger partial charge in [-0.3, -0.25) is 9.59 Å². The molecule has 0 bridgehead atoms. The van der Waals surface area contributed by atoms with Crippen LogP contribution in [0.1, 0.15) is 32.3 Å². The zero-order valence-electron chi connectivity index (χ0n) is 12.2. The number of hydrogen-bond acceptors (Lipinski definition) is 3. The lowest BCUT2D eigenvalue weighted by Gasteiger charge is -2.16. The zero-order valence-corrected chi connectivity index (χ0v) is 12.2. The second kappa shape index (κ2) is 8.04. The van der Waals surface area contributed by atoms with Crippen LogP contribution in [0.25, 0.3) is 0 Å². The lowest BCUT2D eigenvalue weighted by atomic mass is 10.1. The molecule has 0 radical (unpaired) electrons. The number of nitrogens with one attached hydrogen (secondary N) is 2. The maximum Gasteiger partial charge on any atom is 0.319 e. The molecule has 0 spiro atoms. The molecule has 1 aromatic rings. The Kier molecular flexibility index (Phi) is 6.39. The van der Waals surface area contributed by atoms with E-state index in [1.54, 1.807) is 24.3 Å². The minimum Gasteiger partial charge on any atom is -0.481 e. The Hall–Kier alpha value is -2.37.